The lowest BCUT2D eigenvalue weighted by molar-refractivity contribution is 0.190. The fourth-order valence-electron chi connectivity index (χ4n) is 1.32. The Labute approximate surface area is 67.8 Å². The van der Waals surface area contributed by atoms with Gasteiger partial charge in [0.05, 0.1) is 0 Å². The second kappa shape index (κ2) is 3.11. The van der Waals surface area contributed by atoms with E-state index in [0.717, 1.165) is 18.8 Å². The van der Waals surface area contributed by atoms with Crippen molar-refractivity contribution in [3.63, 3.8) is 0 Å². The number of carbonyl (C=O) groups is 1. The molecule has 1 N–H and O–H groups in total. The highest BCUT2D eigenvalue weighted by Gasteiger charge is 2.26. The van der Waals surface area contributed by atoms with Crippen LogP contribution in [0.4, 0.5) is 4.79 Å². The minimum absolute atomic E-state index is 0.0295. The summed E-state index contributed by atoms with van der Waals surface area (Å²) in [5, 5.41) is 2.93. The standard InChI is InChI=1S/C8H16N2O/c1-6-4-7(5-6)9-8(11)10(2)3/h6-7H,4-5H2,1-3H3,(H,9,11). The minimum Gasteiger partial charge on any atom is -0.335 e. The molecule has 64 valence electrons. The summed E-state index contributed by atoms with van der Waals surface area (Å²) >= 11 is 0. The highest BCUT2D eigenvalue weighted by atomic mass is 16.2. The molecule has 0 aliphatic heterocycles. The predicted octanol–water partition coefficient (Wildman–Crippen LogP) is 1.06. The Morgan fingerprint density at radius 2 is 2.00 bits per heavy atom. The molecule has 1 aliphatic rings. The molecule has 2 amide bonds. The van der Waals surface area contributed by atoms with Crippen LogP contribution in [-0.2, 0) is 0 Å². The summed E-state index contributed by atoms with van der Waals surface area (Å²) in [5.41, 5.74) is 0. The van der Waals surface area contributed by atoms with E-state index in [-0.39, 0.29) is 6.03 Å². The molecule has 0 aromatic rings. The predicted molar refractivity (Wildman–Crippen MR) is 44.4 cm³/mol. The summed E-state index contributed by atoms with van der Waals surface area (Å²) in [4.78, 5) is 12.6. The minimum atomic E-state index is 0.0295. The van der Waals surface area contributed by atoms with Crippen LogP contribution in [0.2, 0.25) is 0 Å². The molecular weight excluding hydrogens is 140 g/mol. The van der Waals surface area contributed by atoms with Crippen molar-refractivity contribution in [2.24, 2.45) is 5.92 Å². The van der Waals surface area contributed by atoms with Gasteiger partial charge in [0.15, 0.2) is 0 Å². The third-order valence-corrected chi connectivity index (χ3v) is 2.11. The zero-order valence-electron chi connectivity index (χ0n) is 7.42. The lowest BCUT2D eigenvalue weighted by Gasteiger charge is -2.33. The van der Waals surface area contributed by atoms with Gasteiger partial charge in [-0.3, -0.25) is 0 Å². The smallest absolute Gasteiger partial charge is 0.317 e. The van der Waals surface area contributed by atoms with Gasteiger partial charge in [0.25, 0.3) is 0 Å². The van der Waals surface area contributed by atoms with E-state index in [1.807, 2.05) is 0 Å². The van der Waals surface area contributed by atoms with Crippen molar-refractivity contribution in [3.8, 4) is 0 Å². The normalized spacial score (nSPS) is 29.0. The van der Waals surface area contributed by atoms with E-state index in [2.05, 4.69) is 12.2 Å². The first-order valence-corrected chi connectivity index (χ1v) is 4.07. The first-order valence-electron chi connectivity index (χ1n) is 4.07. The summed E-state index contributed by atoms with van der Waals surface area (Å²) in [5.74, 6) is 0.794. The third-order valence-electron chi connectivity index (χ3n) is 2.11. The average molecular weight is 156 g/mol. The van der Waals surface area contributed by atoms with Gasteiger partial charge in [-0.05, 0) is 18.8 Å². The van der Waals surface area contributed by atoms with Gasteiger partial charge in [0, 0.05) is 20.1 Å². The van der Waals surface area contributed by atoms with Gasteiger partial charge in [-0.25, -0.2) is 4.79 Å². The van der Waals surface area contributed by atoms with Crippen molar-refractivity contribution >= 4 is 6.03 Å². The molecule has 0 bridgehead atoms. The van der Waals surface area contributed by atoms with Crippen LogP contribution < -0.4 is 5.32 Å². The Kier molecular flexibility index (Phi) is 2.37. The Balaban J connectivity index is 2.17. The van der Waals surface area contributed by atoms with Gasteiger partial charge in [-0.2, -0.15) is 0 Å². The fourth-order valence-corrected chi connectivity index (χ4v) is 1.32. The van der Waals surface area contributed by atoms with Crippen LogP contribution in [0.5, 0.6) is 0 Å². The maximum atomic E-state index is 11.1. The molecule has 1 aliphatic carbocycles. The van der Waals surface area contributed by atoms with Gasteiger partial charge >= 0.3 is 6.03 Å². The van der Waals surface area contributed by atoms with E-state index in [4.69, 9.17) is 0 Å². The van der Waals surface area contributed by atoms with E-state index in [0.29, 0.717) is 6.04 Å². The van der Waals surface area contributed by atoms with Gasteiger partial charge in [0.1, 0.15) is 0 Å². The monoisotopic (exact) mass is 156 g/mol. The van der Waals surface area contributed by atoms with E-state index in [9.17, 15) is 4.79 Å². The van der Waals surface area contributed by atoms with E-state index >= 15 is 0 Å². The molecule has 0 aromatic carbocycles. The van der Waals surface area contributed by atoms with Crippen molar-refractivity contribution in [1.29, 1.82) is 0 Å². The quantitative estimate of drug-likeness (QED) is 0.605. The van der Waals surface area contributed by atoms with Gasteiger partial charge in [0.2, 0.25) is 0 Å². The molecule has 0 saturated heterocycles. The number of urea groups is 1. The Morgan fingerprint density at radius 3 is 2.36 bits per heavy atom. The largest absolute Gasteiger partial charge is 0.335 e. The van der Waals surface area contributed by atoms with Gasteiger partial charge in [-0.1, -0.05) is 6.92 Å². The molecule has 0 aromatic heterocycles. The molecule has 0 radical (unpaired) electrons. The summed E-state index contributed by atoms with van der Waals surface area (Å²) < 4.78 is 0. The summed E-state index contributed by atoms with van der Waals surface area (Å²) in [6.07, 6.45) is 2.28. The highest BCUT2D eigenvalue weighted by molar-refractivity contribution is 5.73. The second-order valence-corrected chi connectivity index (χ2v) is 3.62. The van der Waals surface area contributed by atoms with Crippen LogP contribution >= 0.6 is 0 Å². The van der Waals surface area contributed by atoms with E-state index < -0.39 is 0 Å². The topological polar surface area (TPSA) is 32.3 Å². The Morgan fingerprint density at radius 1 is 1.45 bits per heavy atom. The molecule has 3 nitrogen and oxygen atoms in total. The van der Waals surface area contributed by atoms with Crippen molar-refractivity contribution in [2.45, 2.75) is 25.8 Å². The van der Waals surface area contributed by atoms with Crippen LogP contribution in [0, 0.1) is 5.92 Å². The molecule has 11 heavy (non-hydrogen) atoms. The van der Waals surface area contributed by atoms with E-state index in [1.165, 1.54) is 0 Å². The highest BCUT2D eigenvalue weighted by Crippen LogP contribution is 2.26. The van der Waals surface area contributed by atoms with Crippen molar-refractivity contribution in [1.82, 2.24) is 10.2 Å². The number of hydrogen-bond donors (Lipinski definition) is 1. The first-order chi connectivity index (χ1) is 5.09. The Bertz CT molecular complexity index is 150. The summed E-state index contributed by atoms with van der Waals surface area (Å²) in [6, 6.07) is 0.460. The Hall–Kier alpha value is -0.730. The number of carbonyl (C=O) groups excluding carboxylic acids is 1. The van der Waals surface area contributed by atoms with Crippen LogP contribution in [0.15, 0.2) is 0 Å². The summed E-state index contributed by atoms with van der Waals surface area (Å²) in [6.45, 7) is 2.21. The number of nitrogens with one attached hydrogen (secondary N) is 1. The fraction of sp³-hybridized carbons (Fsp3) is 0.875. The summed E-state index contributed by atoms with van der Waals surface area (Å²) in [7, 11) is 3.52. The molecular formula is C8H16N2O. The number of nitrogens with zero attached hydrogens (tertiary/aromatic N) is 1. The molecule has 0 atom stereocenters. The van der Waals surface area contributed by atoms with E-state index in [1.54, 1.807) is 19.0 Å². The maximum Gasteiger partial charge on any atom is 0.317 e. The zero-order chi connectivity index (χ0) is 8.43. The SMILES string of the molecule is CC1CC(NC(=O)N(C)C)C1. The number of hydrogen-bond acceptors (Lipinski definition) is 1. The van der Waals surface area contributed by atoms with Crippen molar-refractivity contribution < 1.29 is 4.79 Å². The molecule has 1 rings (SSSR count). The molecule has 3 heteroatoms. The third kappa shape index (κ3) is 2.10. The number of amides is 2. The number of rotatable bonds is 1. The molecule has 1 saturated carbocycles. The van der Waals surface area contributed by atoms with Crippen LogP contribution in [0.1, 0.15) is 19.8 Å². The molecule has 1 fully saturated rings. The van der Waals surface area contributed by atoms with Crippen molar-refractivity contribution in [3.05, 3.63) is 0 Å². The molecule has 0 unspecified atom stereocenters. The first kappa shape index (κ1) is 8.37. The van der Waals surface area contributed by atoms with Crippen LogP contribution in [-0.4, -0.2) is 31.1 Å². The lowest BCUT2D eigenvalue weighted by Crippen LogP contribution is -2.47. The maximum absolute atomic E-state index is 11.1. The average Bonchev–Trinajstić information content (AvgIpc) is 1.84. The zero-order valence-corrected chi connectivity index (χ0v) is 7.42. The molecule has 0 heterocycles. The molecule has 0 spiro atoms. The van der Waals surface area contributed by atoms with Crippen LogP contribution in [0.25, 0.3) is 0 Å². The van der Waals surface area contributed by atoms with Crippen molar-refractivity contribution in [2.75, 3.05) is 14.1 Å². The van der Waals surface area contributed by atoms with Gasteiger partial charge < -0.3 is 10.2 Å². The van der Waals surface area contributed by atoms with Gasteiger partial charge in [-0.15, -0.1) is 0 Å². The lowest BCUT2D eigenvalue weighted by atomic mass is 9.82. The van der Waals surface area contributed by atoms with Crippen LogP contribution in [0.3, 0.4) is 0 Å². The second-order valence-electron chi connectivity index (χ2n) is 3.62.